The van der Waals surface area contributed by atoms with Gasteiger partial charge in [-0.15, -0.1) is 21.0 Å². The van der Waals surface area contributed by atoms with E-state index in [1.165, 1.54) is 24.9 Å². The molecule has 7 rings (SSSR count). The highest BCUT2D eigenvalue weighted by Crippen LogP contribution is 2.40. The molecule has 266 valence electrons. The fourth-order valence-corrected chi connectivity index (χ4v) is 8.55. The largest absolute Gasteiger partial charge is 0.543 e. The molecule has 0 spiro atoms. The molecule has 3 amide bonds. The zero-order valence-electron chi connectivity index (χ0n) is 26.9. The van der Waals surface area contributed by atoms with Gasteiger partial charge in [-0.3, -0.25) is 24.7 Å². The summed E-state index contributed by atoms with van der Waals surface area (Å²) in [5.74, 6) is -3.62. The second kappa shape index (κ2) is 14.0. The summed E-state index contributed by atoms with van der Waals surface area (Å²) in [7, 11) is 1.23. The lowest BCUT2D eigenvalue weighted by Crippen LogP contribution is -2.71. The number of carbonyl (C=O) groups is 4. The fraction of sp³-hybridized carbons (Fsp3) is 0.323. The van der Waals surface area contributed by atoms with E-state index in [-0.39, 0.29) is 56.9 Å². The maximum absolute atomic E-state index is 15.2. The molecule has 20 heteroatoms. The van der Waals surface area contributed by atoms with E-state index in [4.69, 9.17) is 22.2 Å². The molecule has 0 unspecified atom stereocenters. The number of fused-ring (bicyclic) bond motifs is 2. The molecule has 51 heavy (non-hydrogen) atoms. The number of nitrogens with one attached hydrogen (secondary N) is 2. The molecular formula is C31H30ClFN10O6S2. The molecule has 2 saturated heterocycles. The van der Waals surface area contributed by atoms with Crippen LogP contribution in [0.25, 0.3) is 5.65 Å². The highest BCUT2D eigenvalue weighted by molar-refractivity contribution is 8.00. The number of hydrogen-bond donors (Lipinski definition) is 3. The van der Waals surface area contributed by atoms with Gasteiger partial charge >= 0.3 is 0 Å². The third-order valence-electron chi connectivity index (χ3n) is 8.72. The number of thiazole rings is 1. The number of amides is 3. The van der Waals surface area contributed by atoms with Crippen LogP contribution in [0.1, 0.15) is 34.5 Å². The Balaban J connectivity index is 1.05. The molecule has 0 bridgehead atoms. The number of carboxylic acids is 1. The van der Waals surface area contributed by atoms with Gasteiger partial charge < -0.3 is 30.4 Å². The van der Waals surface area contributed by atoms with Crippen LogP contribution >= 0.6 is 34.7 Å². The molecule has 0 radical (unpaired) electrons. The molecule has 0 saturated carbocycles. The molecule has 3 aliphatic rings. The number of carboxylic acid groups (broad SMARTS) is 1. The van der Waals surface area contributed by atoms with Gasteiger partial charge in [0.05, 0.1) is 30.5 Å². The molecule has 3 aliphatic heterocycles. The topological polar surface area (TPSA) is 196 Å². The standard InChI is InChI=1S/C31H30ClFN10O6S2/c1-49-38-22(21-25(32)51-31(34)36-21)27(45)35-23-28(46)43-24(30(47)48)18(15-50-29(23)43)14-41-9-6-20-39(10-11-42(20)41)13-17-5-4-16(12-19(17)33)26(44)37-40-7-2-3-8-40/h4-6,9-12,23,29H,2-3,7-8,13-15H2,1H3,(H4-,34,35,36,37,44,45,47,48)/b38-22-/t23-,29-/m1/s1. The zero-order chi connectivity index (χ0) is 36.0. The van der Waals surface area contributed by atoms with Crippen LogP contribution < -0.4 is 26.3 Å². The fourth-order valence-electron chi connectivity index (χ4n) is 6.29. The lowest BCUT2D eigenvalue weighted by molar-refractivity contribution is -0.753. The Morgan fingerprint density at radius 2 is 2.02 bits per heavy atom. The number of halogens is 2. The average molecular weight is 757 g/mol. The predicted molar refractivity (Wildman–Crippen MR) is 181 cm³/mol. The number of nitrogen functional groups attached to an aromatic ring is 1. The van der Waals surface area contributed by atoms with E-state index in [2.05, 4.69) is 20.9 Å². The molecule has 6 heterocycles. The lowest BCUT2D eigenvalue weighted by atomic mass is 10.0. The first kappa shape index (κ1) is 34.5. The predicted octanol–water partition coefficient (Wildman–Crippen LogP) is 0.103. The van der Waals surface area contributed by atoms with Crippen LogP contribution in [0.5, 0.6) is 0 Å². The summed E-state index contributed by atoms with van der Waals surface area (Å²) < 4.78 is 20.6. The number of thioether (sulfide) groups is 1. The second-order valence-electron chi connectivity index (χ2n) is 11.9. The summed E-state index contributed by atoms with van der Waals surface area (Å²) in [6.45, 7) is 1.82. The number of aliphatic carboxylic acids is 1. The van der Waals surface area contributed by atoms with Gasteiger partial charge in [0.1, 0.15) is 34.4 Å². The van der Waals surface area contributed by atoms with Crippen molar-refractivity contribution in [1.29, 1.82) is 0 Å². The summed E-state index contributed by atoms with van der Waals surface area (Å²) in [6, 6.07) is 5.15. The van der Waals surface area contributed by atoms with Gasteiger partial charge in [-0.2, -0.15) is 0 Å². The van der Waals surface area contributed by atoms with Crippen molar-refractivity contribution in [1.82, 2.24) is 34.7 Å². The molecule has 0 aliphatic carbocycles. The van der Waals surface area contributed by atoms with Crippen LogP contribution in [0.2, 0.25) is 4.34 Å². The quantitative estimate of drug-likeness (QED) is 0.0818. The Bertz CT molecular complexity index is 2140. The summed E-state index contributed by atoms with van der Waals surface area (Å²) in [5, 5.41) is 19.9. The van der Waals surface area contributed by atoms with Gasteiger partial charge in [0.25, 0.3) is 17.7 Å². The van der Waals surface area contributed by atoms with Gasteiger partial charge in [-0.1, -0.05) is 34.2 Å². The SMILES string of the molecule is CO/N=C(\C(=O)N[C@@H]1C(=O)N2C(C(=O)[O-])=C(C[n+]3ccc4n(Cc5ccc(C(=O)NN6CCCC6)cc5F)ccn43)CS[C@H]12)c1nc(N)sc1Cl. The first-order valence-corrected chi connectivity index (χ1v) is 17.9. The summed E-state index contributed by atoms with van der Waals surface area (Å²) in [4.78, 5) is 61.4. The van der Waals surface area contributed by atoms with Crippen LogP contribution in [-0.2, 0) is 32.3 Å². The van der Waals surface area contributed by atoms with Crippen LogP contribution in [-0.4, -0.2) is 90.7 Å². The maximum Gasteiger partial charge on any atom is 0.276 e. The molecule has 2 atom stereocenters. The van der Waals surface area contributed by atoms with Gasteiger partial charge in [0.2, 0.25) is 0 Å². The number of aromatic nitrogens is 4. The van der Waals surface area contributed by atoms with Crippen LogP contribution in [0.3, 0.4) is 0 Å². The lowest BCUT2D eigenvalue weighted by Gasteiger charge is -2.50. The van der Waals surface area contributed by atoms with E-state index in [1.54, 1.807) is 46.0 Å². The summed E-state index contributed by atoms with van der Waals surface area (Å²) in [6.07, 6.45) is 7.27. The van der Waals surface area contributed by atoms with Gasteiger partial charge in [-0.25, -0.2) is 14.4 Å². The molecule has 2 fully saturated rings. The van der Waals surface area contributed by atoms with E-state index >= 15 is 4.39 Å². The maximum atomic E-state index is 15.2. The van der Waals surface area contributed by atoms with E-state index < -0.39 is 35.0 Å². The highest BCUT2D eigenvalue weighted by atomic mass is 35.5. The Hall–Kier alpha value is -4.98. The third kappa shape index (κ3) is 6.52. The number of oxime groups is 1. The van der Waals surface area contributed by atoms with Crippen molar-refractivity contribution in [2.45, 2.75) is 37.3 Å². The Morgan fingerprint density at radius 1 is 1.24 bits per heavy atom. The van der Waals surface area contributed by atoms with Crippen LogP contribution in [0, 0.1) is 5.82 Å². The van der Waals surface area contributed by atoms with Crippen molar-refractivity contribution in [2.24, 2.45) is 5.16 Å². The van der Waals surface area contributed by atoms with Gasteiger partial charge in [-0.05, 0) is 25.0 Å². The first-order valence-electron chi connectivity index (χ1n) is 15.7. The minimum absolute atomic E-state index is 0.0132. The van der Waals surface area contributed by atoms with Crippen molar-refractivity contribution in [3.05, 3.63) is 81.1 Å². The molecule has 4 N–H and O–H groups in total. The number of anilines is 1. The van der Waals surface area contributed by atoms with Crippen molar-refractivity contribution < 1.29 is 38.2 Å². The number of hydrazine groups is 1. The van der Waals surface area contributed by atoms with Crippen molar-refractivity contribution in [3.63, 3.8) is 0 Å². The summed E-state index contributed by atoms with van der Waals surface area (Å²) in [5.41, 5.74) is 9.67. The third-order valence-corrected chi connectivity index (χ3v) is 11.1. The molecular weight excluding hydrogens is 727 g/mol. The van der Waals surface area contributed by atoms with E-state index in [0.717, 1.165) is 42.2 Å². The number of benzene rings is 1. The van der Waals surface area contributed by atoms with Crippen LogP contribution in [0.15, 0.2) is 59.3 Å². The minimum Gasteiger partial charge on any atom is -0.543 e. The van der Waals surface area contributed by atoms with Gasteiger partial charge in [0.15, 0.2) is 29.2 Å². The van der Waals surface area contributed by atoms with Crippen molar-refractivity contribution in [2.75, 3.05) is 31.7 Å². The van der Waals surface area contributed by atoms with E-state index in [1.807, 2.05) is 9.58 Å². The normalized spacial score (nSPS) is 19.3. The first-order chi connectivity index (χ1) is 24.5. The Labute approximate surface area is 302 Å². The summed E-state index contributed by atoms with van der Waals surface area (Å²) >= 11 is 8.37. The number of β-lactam (4-membered cyclic amide) rings is 1. The van der Waals surface area contributed by atoms with E-state index in [0.29, 0.717) is 16.8 Å². The number of rotatable bonds is 11. The number of nitrogens with two attached hydrogens (primary N) is 1. The Kier molecular flexibility index (Phi) is 9.44. The number of nitrogens with zero attached hydrogens (tertiary/aromatic N) is 7. The Morgan fingerprint density at radius 3 is 2.71 bits per heavy atom. The van der Waals surface area contributed by atoms with Gasteiger partial charge in [0, 0.05) is 41.7 Å². The highest BCUT2D eigenvalue weighted by Gasteiger charge is 2.53. The van der Waals surface area contributed by atoms with Crippen molar-refractivity contribution in [3.8, 4) is 0 Å². The van der Waals surface area contributed by atoms with Crippen LogP contribution in [0.4, 0.5) is 9.52 Å². The van der Waals surface area contributed by atoms with Crippen molar-refractivity contribution >= 4 is 74.9 Å². The molecule has 16 nitrogen and oxygen atoms in total. The number of hydrogen-bond acceptors (Lipinski definition) is 12. The smallest absolute Gasteiger partial charge is 0.276 e. The number of carbonyl (C=O) groups excluding carboxylic acids is 4. The average Bonchev–Trinajstić information content (AvgIpc) is 3.91. The number of imidazole rings is 1. The minimum atomic E-state index is -1.53. The van der Waals surface area contributed by atoms with E-state index in [9.17, 15) is 24.3 Å². The molecule has 4 aromatic rings. The zero-order valence-corrected chi connectivity index (χ0v) is 29.3. The molecule has 3 aromatic heterocycles. The second-order valence-corrected chi connectivity index (χ2v) is 14.6. The monoisotopic (exact) mass is 756 g/mol. The molecule has 1 aromatic carbocycles.